The number of halogens is 1. The second-order valence-corrected chi connectivity index (χ2v) is 7.51. The fraction of sp³-hybridized carbons (Fsp3) is 0.143. The van der Waals surface area contributed by atoms with Crippen LogP contribution in [0.1, 0.15) is 32.8 Å². The molecular formula is C21H18FN5OS. The fourth-order valence-electron chi connectivity index (χ4n) is 3.04. The number of hydrogen-bond acceptors (Lipinski definition) is 5. The number of imidazole rings is 1. The number of aryl methyl sites for hydroxylation is 2. The van der Waals surface area contributed by atoms with Crippen LogP contribution in [0.15, 0.2) is 61.1 Å². The Bertz CT molecular complexity index is 1150. The Labute approximate surface area is 171 Å². The third-order valence-electron chi connectivity index (χ3n) is 4.46. The number of carbonyl (C=O) groups excluding carboxylic acids is 1. The molecule has 1 N–H and O–H groups in total. The van der Waals surface area contributed by atoms with Crippen LogP contribution in [0.2, 0.25) is 0 Å². The molecule has 0 aliphatic carbocycles. The van der Waals surface area contributed by atoms with Crippen LogP contribution < -0.4 is 5.32 Å². The van der Waals surface area contributed by atoms with Crippen molar-refractivity contribution in [2.45, 2.75) is 13.0 Å². The van der Waals surface area contributed by atoms with E-state index in [1.807, 2.05) is 25.2 Å². The van der Waals surface area contributed by atoms with E-state index in [9.17, 15) is 9.18 Å². The van der Waals surface area contributed by atoms with Crippen molar-refractivity contribution in [2.24, 2.45) is 7.05 Å². The van der Waals surface area contributed by atoms with Gasteiger partial charge in [0, 0.05) is 25.6 Å². The van der Waals surface area contributed by atoms with Gasteiger partial charge in [0.2, 0.25) is 0 Å². The van der Waals surface area contributed by atoms with Gasteiger partial charge >= 0.3 is 0 Å². The number of hydrogen-bond donors (Lipinski definition) is 1. The molecule has 146 valence electrons. The first-order valence-corrected chi connectivity index (χ1v) is 9.77. The van der Waals surface area contributed by atoms with Crippen LogP contribution in [-0.2, 0) is 7.05 Å². The minimum atomic E-state index is -0.599. The van der Waals surface area contributed by atoms with Crippen LogP contribution in [0.3, 0.4) is 0 Å². The summed E-state index contributed by atoms with van der Waals surface area (Å²) in [6.45, 7) is 1.79. The van der Waals surface area contributed by atoms with Gasteiger partial charge in [-0.3, -0.25) is 9.78 Å². The molecule has 0 bridgehead atoms. The van der Waals surface area contributed by atoms with Crippen molar-refractivity contribution in [3.63, 3.8) is 0 Å². The van der Waals surface area contributed by atoms with E-state index in [0.717, 1.165) is 0 Å². The highest BCUT2D eigenvalue weighted by Crippen LogP contribution is 2.28. The first kappa shape index (κ1) is 18.9. The number of amides is 1. The van der Waals surface area contributed by atoms with Gasteiger partial charge in [-0.2, -0.15) is 0 Å². The Morgan fingerprint density at radius 1 is 1.17 bits per heavy atom. The van der Waals surface area contributed by atoms with E-state index in [4.69, 9.17) is 0 Å². The number of carbonyl (C=O) groups is 1. The zero-order valence-corrected chi connectivity index (χ0v) is 16.7. The Kier molecular flexibility index (Phi) is 5.18. The van der Waals surface area contributed by atoms with Gasteiger partial charge in [-0.25, -0.2) is 14.4 Å². The number of nitrogens with one attached hydrogen (secondary N) is 1. The summed E-state index contributed by atoms with van der Waals surface area (Å²) < 4.78 is 15.6. The molecule has 0 aliphatic heterocycles. The molecule has 3 aromatic heterocycles. The second-order valence-electron chi connectivity index (χ2n) is 6.51. The average molecular weight is 407 g/mol. The van der Waals surface area contributed by atoms with E-state index in [-0.39, 0.29) is 11.7 Å². The Balaban J connectivity index is 1.67. The lowest BCUT2D eigenvalue weighted by atomic mass is 10.1. The van der Waals surface area contributed by atoms with E-state index < -0.39 is 6.04 Å². The van der Waals surface area contributed by atoms with E-state index in [0.29, 0.717) is 32.7 Å². The van der Waals surface area contributed by atoms with Crippen LogP contribution >= 0.6 is 11.3 Å². The molecule has 1 atom stereocenters. The van der Waals surface area contributed by atoms with Gasteiger partial charge in [0.1, 0.15) is 27.6 Å². The van der Waals surface area contributed by atoms with Crippen molar-refractivity contribution < 1.29 is 9.18 Å². The molecule has 1 unspecified atom stereocenters. The maximum absolute atomic E-state index is 13.8. The van der Waals surface area contributed by atoms with E-state index in [1.165, 1.54) is 23.5 Å². The normalized spacial score (nSPS) is 12.0. The molecule has 1 aromatic carbocycles. The van der Waals surface area contributed by atoms with Crippen LogP contribution in [0.4, 0.5) is 4.39 Å². The Hall–Kier alpha value is -3.39. The zero-order chi connectivity index (χ0) is 20.4. The molecule has 1 amide bonds. The summed E-state index contributed by atoms with van der Waals surface area (Å²) in [6.07, 6.45) is 5.11. The molecule has 4 aromatic rings. The molecular weight excluding hydrogens is 389 g/mol. The van der Waals surface area contributed by atoms with Crippen LogP contribution in [0.25, 0.3) is 10.7 Å². The topological polar surface area (TPSA) is 72.7 Å². The summed E-state index contributed by atoms with van der Waals surface area (Å²) in [4.78, 5) is 26.7. The molecule has 0 saturated carbocycles. The van der Waals surface area contributed by atoms with E-state index in [1.54, 1.807) is 42.2 Å². The lowest BCUT2D eigenvalue weighted by molar-refractivity contribution is 0.0944. The lowest BCUT2D eigenvalue weighted by Crippen LogP contribution is -2.31. The van der Waals surface area contributed by atoms with Crippen molar-refractivity contribution in [1.29, 1.82) is 0 Å². The molecule has 0 aliphatic rings. The van der Waals surface area contributed by atoms with Crippen molar-refractivity contribution in [3.8, 4) is 10.7 Å². The molecule has 0 fully saturated rings. The lowest BCUT2D eigenvalue weighted by Gasteiger charge is -2.19. The van der Waals surface area contributed by atoms with Crippen molar-refractivity contribution in [1.82, 2.24) is 24.8 Å². The number of nitrogens with zero attached hydrogens (tertiary/aromatic N) is 4. The maximum atomic E-state index is 13.8. The third-order valence-corrected chi connectivity index (χ3v) is 5.64. The zero-order valence-electron chi connectivity index (χ0n) is 15.8. The maximum Gasteiger partial charge on any atom is 0.264 e. The van der Waals surface area contributed by atoms with Crippen LogP contribution in [0.5, 0.6) is 0 Å². The number of aromatic nitrogens is 4. The van der Waals surface area contributed by atoms with Gasteiger partial charge in [-0.05, 0) is 36.8 Å². The summed E-state index contributed by atoms with van der Waals surface area (Å²) in [5, 5.41) is 3.66. The van der Waals surface area contributed by atoms with Gasteiger partial charge in [0.25, 0.3) is 5.91 Å². The van der Waals surface area contributed by atoms with Gasteiger partial charge in [0.15, 0.2) is 0 Å². The Morgan fingerprint density at radius 2 is 2.03 bits per heavy atom. The molecule has 3 heterocycles. The molecule has 0 spiro atoms. The predicted molar refractivity (Wildman–Crippen MR) is 109 cm³/mol. The average Bonchev–Trinajstić information content (AvgIpc) is 3.32. The van der Waals surface area contributed by atoms with Crippen LogP contribution in [0, 0.1) is 12.7 Å². The number of pyridine rings is 1. The van der Waals surface area contributed by atoms with Gasteiger partial charge in [0.05, 0.1) is 11.4 Å². The minimum absolute atomic E-state index is 0.292. The third kappa shape index (κ3) is 3.93. The molecule has 4 rings (SSSR count). The summed E-state index contributed by atoms with van der Waals surface area (Å²) in [5.74, 6) is -0.0575. The SMILES string of the molecule is Cc1nc(-c2ccccn2)sc1C(=O)NC(c1cccc(F)c1)c1nccn1C. The van der Waals surface area contributed by atoms with Crippen molar-refractivity contribution in [3.05, 3.63) is 88.8 Å². The largest absolute Gasteiger partial charge is 0.337 e. The summed E-state index contributed by atoms with van der Waals surface area (Å²) in [7, 11) is 1.83. The fourth-order valence-corrected chi connectivity index (χ4v) is 3.99. The first-order valence-electron chi connectivity index (χ1n) is 8.95. The monoisotopic (exact) mass is 407 g/mol. The number of rotatable bonds is 5. The summed E-state index contributed by atoms with van der Waals surface area (Å²) in [6, 6.07) is 11.1. The smallest absolute Gasteiger partial charge is 0.264 e. The number of thiazole rings is 1. The highest BCUT2D eigenvalue weighted by molar-refractivity contribution is 7.17. The second kappa shape index (κ2) is 7.92. The van der Waals surface area contributed by atoms with E-state index in [2.05, 4.69) is 20.3 Å². The number of benzene rings is 1. The van der Waals surface area contributed by atoms with Crippen molar-refractivity contribution >= 4 is 17.2 Å². The van der Waals surface area contributed by atoms with Crippen molar-refractivity contribution in [2.75, 3.05) is 0 Å². The van der Waals surface area contributed by atoms with Crippen LogP contribution in [-0.4, -0.2) is 25.4 Å². The van der Waals surface area contributed by atoms with Gasteiger partial charge < -0.3 is 9.88 Å². The van der Waals surface area contributed by atoms with Gasteiger partial charge in [-0.1, -0.05) is 18.2 Å². The Morgan fingerprint density at radius 3 is 2.72 bits per heavy atom. The van der Waals surface area contributed by atoms with E-state index >= 15 is 0 Å². The quantitative estimate of drug-likeness (QED) is 0.545. The first-order chi connectivity index (χ1) is 14.0. The molecule has 6 nitrogen and oxygen atoms in total. The molecule has 0 radical (unpaired) electrons. The minimum Gasteiger partial charge on any atom is -0.337 e. The summed E-state index contributed by atoms with van der Waals surface area (Å²) in [5.41, 5.74) is 1.94. The summed E-state index contributed by atoms with van der Waals surface area (Å²) >= 11 is 1.28. The molecule has 0 saturated heterocycles. The highest BCUT2D eigenvalue weighted by atomic mass is 32.1. The predicted octanol–water partition coefficient (Wildman–Crippen LogP) is 3.91. The molecule has 8 heteroatoms. The highest BCUT2D eigenvalue weighted by Gasteiger charge is 2.24. The molecule has 29 heavy (non-hydrogen) atoms. The standard InChI is InChI=1S/C21H18FN5OS/c1-13-18(29-21(25-13)16-8-3-4-9-23-16)20(28)26-17(19-24-10-11-27(19)2)14-6-5-7-15(22)12-14/h3-12,17H,1-2H3,(H,26,28). The van der Waals surface area contributed by atoms with Gasteiger partial charge in [-0.15, -0.1) is 11.3 Å².